The maximum absolute atomic E-state index is 11.7. The predicted molar refractivity (Wildman–Crippen MR) is 99.5 cm³/mol. The van der Waals surface area contributed by atoms with Crippen LogP contribution in [0.25, 0.3) is 0 Å². The zero-order valence-corrected chi connectivity index (χ0v) is 15.0. The third-order valence-corrected chi connectivity index (χ3v) is 5.28. The Morgan fingerprint density at radius 1 is 1.23 bits per heavy atom. The minimum atomic E-state index is -1.37. The van der Waals surface area contributed by atoms with Gasteiger partial charge < -0.3 is 26.0 Å². The number of nitrogens with two attached hydrogens (primary N) is 1. The fraction of sp³-hybridized carbons (Fsp3) is 0.611. The van der Waals surface area contributed by atoms with Crippen molar-refractivity contribution in [2.24, 2.45) is 5.73 Å². The highest BCUT2D eigenvalue weighted by Gasteiger charge is 2.35. The highest BCUT2D eigenvalue weighted by Crippen LogP contribution is 2.25. The summed E-state index contributed by atoms with van der Waals surface area (Å²) in [6, 6.07) is 8.06. The smallest absolute Gasteiger partial charge is 0.451 e. The highest BCUT2D eigenvalue weighted by molar-refractivity contribution is 6.40. The number of aliphatic hydroxyl groups excluding tert-OH is 1. The Labute approximate surface area is 154 Å². The number of carboxylic acid groups (broad SMARTS) is 1. The standard InChI is InChI=1S/C18H29BN2O5/c20-18(17(23)24,7-3-4-9-19(25)26)8-10-21-12-15-6-2-1-5-14(15)11-16(21)13-22/h1-2,5-6,16,22,25-26H,3-4,7-13,20H2,(H,23,24)/t16?,18-/m1/s1. The Hall–Kier alpha value is -1.45. The summed E-state index contributed by atoms with van der Waals surface area (Å²) in [6.07, 6.45) is 2.55. The van der Waals surface area contributed by atoms with Crippen LogP contribution in [0.5, 0.6) is 0 Å². The molecular weight excluding hydrogens is 335 g/mol. The van der Waals surface area contributed by atoms with Crippen molar-refractivity contribution in [1.29, 1.82) is 0 Å². The molecule has 8 heteroatoms. The molecular formula is C18H29BN2O5. The maximum Gasteiger partial charge on any atom is 0.451 e. The van der Waals surface area contributed by atoms with Crippen molar-refractivity contribution >= 4 is 13.1 Å². The molecule has 1 aromatic carbocycles. The number of aliphatic carboxylic acids is 1. The Kier molecular flexibility index (Phi) is 7.61. The summed E-state index contributed by atoms with van der Waals surface area (Å²) in [6.45, 7) is 1.19. The predicted octanol–water partition coefficient (Wildman–Crippen LogP) is 0.221. The molecule has 7 nitrogen and oxygen atoms in total. The van der Waals surface area contributed by atoms with Gasteiger partial charge in [0.15, 0.2) is 0 Å². The number of fused-ring (bicyclic) bond motifs is 1. The van der Waals surface area contributed by atoms with Gasteiger partial charge in [-0.2, -0.15) is 0 Å². The lowest BCUT2D eigenvalue weighted by Crippen LogP contribution is -2.52. The number of carbonyl (C=O) groups is 1. The zero-order chi connectivity index (χ0) is 19.2. The van der Waals surface area contributed by atoms with Gasteiger partial charge in [0.1, 0.15) is 5.54 Å². The van der Waals surface area contributed by atoms with Crippen LogP contribution in [0.2, 0.25) is 6.32 Å². The van der Waals surface area contributed by atoms with E-state index in [1.807, 2.05) is 12.1 Å². The lowest BCUT2D eigenvalue weighted by molar-refractivity contribution is -0.144. The largest absolute Gasteiger partial charge is 0.480 e. The fourth-order valence-corrected chi connectivity index (χ4v) is 3.53. The van der Waals surface area contributed by atoms with Crippen LogP contribution in [0.3, 0.4) is 0 Å². The number of benzene rings is 1. The van der Waals surface area contributed by atoms with E-state index in [1.54, 1.807) is 0 Å². The van der Waals surface area contributed by atoms with E-state index in [2.05, 4.69) is 17.0 Å². The van der Waals surface area contributed by atoms with E-state index >= 15 is 0 Å². The lowest BCUT2D eigenvalue weighted by atomic mass is 9.81. The fourth-order valence-electron chi connectivity index (χ4n) is 3.53. The molecule has 0 aromatic heterocycles. The third-order valence-electron chi connectivity index (χ3n) is 5.28. The van der Waals surface area contributed by atoms with E-state index in [0.29, 0.717) is 25.9 Å². The van der Waals surface area contributed by atoms with Crippen LogP contribution in [-0.4, -0.2) is 63.0 Å². The van der Waals surface area contributed by atoms with Gasteiger partial charge in [0.2, 0.25) is 0 Å². The number of carboxylic acids is 1. The summed E-state index contributed by atoms with van der Waals surface area (Å²) < 4.78 is 0. The van der Waals surface area contributed by atoms with Gasteiger partial charge >= 0.3 is 13.1 Å². The highest BCUT2D eigenvalue weighted by atomic mass is 16.4. The van der Waals surface area contributed by atoms with Crippen molar-refractivity contribution in [3.05, 3.63) is 35.4 Å². The van der Waals surface area contributed by atoms with Crippen LogP contribution in [0, 0.1) is 0 Å². The first-order valence-corrected chi connectivity index (χ1v) is 9.16. The molecule has 1 aliphatic rings. The van der Waals surface area contributed by atoms with E-state index in [4.69, 9.17) is 15.8 Å². The molecule has 6 N–H and O–H groups in total. The molecule has 26 heavy (non-hydrogen) atoms. The Morgan fingerprint density at radius 2 is 1.92 bits per heavy atom. The van der Waals surface area contributed by atoms with Gasteiger partial charge in [0.05, 0.1) is 6.61 Å². The number of unbranched alkanes of at least 4 members (excludes halogenated alkanes) is 1. The van der Waals surface area contributed by atoms with E-state index in [9.17, 15) is 15.0 Å². The number of rotatable bonds is 10. The van der Waals surface area contributed by atoms with Gasteiger partial charge in [-0.05, 0) is 36.7 Å². The maximum atomic E-state index is 11.7. The Bertz CT molecular complexity index is 601. The molecule has 0 fully saturated rings. The first-order chi connectivity index (χ1) is 12.4. The van der Waals surface area contributed by atoms with Crippen LogP contribution in [0.4, 0.5) is 0 Å². The first-order valence-electron chi connectivity index (χ1n) is 9.16. The van der Waals surface area contributed by atoms with Crippen molar-refractivity contribution in [2.45, 2.75) is 56.5 Å². The monoisotopic (exact) mass is 364 g/mol. The molecule has 0 radical (unpaired) electrons. The van der Waals surface area contributed by atoms with E-state index in [1.165, 1.54) is 11.1 Å². The molecule has 0 amide bonds. The van der Waals surface area contributed by atoms with Gasteiger partial charge in [0, 0.05) is 19.1 Å². The van der Waals surface area contributed by atoms with Crippen LogP contribution < -0.4 is 5.73 Å². The van der Waals surface area contributed by atoms with Crippen molar-refractivity contribution < 1.29 is 25.1 Å². The van der Waals surface area contributed by atoms with Gasteiger partial charge in [-0.15, -0.1) is 0 Å². The number of hydrogen-bond donors (Lipinski definition) is 5. The average molecular weight is 364 g/mol. The third kappa shape index (κ3) is 5.52. The number of aliphatic hydroxyl groups is 1. The second kappa shape index (κ2) is 9.48. The normalized spacial score (nSPS) is 19.6. The van der Waals surface area contributed by atoms with Gasteiger partial charge in [-0.3, -0.25) is 9.69 Å². The topological polar surface area (TPSA) is 127 Å². The quantitative estimate of drug-likeness (QED) is 0.297. The second-order valence-electron chi connectivity index (χ2n) is 7.22. The van der Waals surface area contributed by atoms with Crippen molar-refractivity contribution in [1.82, 2.24) is 4.90 Å². The summed E-state index contributed by atoms with van der Waals surface area (Å²) >= 11 is 0. The molecule has 2 rings (SSSR count). The summed E-state index contributed by atoms with van der Waals surface area (Å²) in [7, 11) is -1.37. The van der Waals surface area contributed by atoms with Crippen LogP contribution in [-0.2, 0) is 17.8 Å². The van der Waals surface area contributed by atoms with Crippen molar-refractivity contribution in [3.8, 4) is 0 Å². The molecule has 144 valence electrons. The van der Waals surface area contributed by atoms with Gasteiger partial charge in [-0.25, -0.2) is 0 Å². The molecule has 2 atom stereocenters. The summed E-state index contributed by atoms with van der Waals surface area (Å²) in [5, 5.41) is 37.0. The molecule has 1 heterocycles. The van der Waals surface area contributed by atoms with E-state index < -0.39 is 18.6 Å². The molecule has 1 unspecified atom stereocenters. The summed E-state index contributed by atoms with van der Waals surface area (Å²) in [5.41, 5.74) is 7.22. The Balaban J connectivity index is 1.95. The SMILES string of the molecule is N[C@](CCCCB(O)O)(CCN1Cc2ccccc2CC1CO)C(=O)O. The first kappa shape index (κ1) is 20.9. The molecule has 0 aliphatic carbocycles. The molecule has 0 saturated heterocycles. The van der Waals surface area contributed by atoms with Gasteiger partial charge in [-0.1, -0.05) is 37.1 Å². The molecule has 0 spiro atoms. The molecule has 1 aliphatic heterocycles. The van der Waals surface area contributed by atoms with Crippen LogP contribution >= 0.6 is 0 Å². The van der Waals surface area contributed by atoms with Crippen LogP contribution in [0.1, 0.15) is 36.8 Å². The Morgan fingerprint density at radius 3 is 2.54 bits per heavy atom. The lowest BCUT2D eigenvalue weighted by Gasteiger charge is -2.37. The number of nitrogens with zero attached hydrogens (tertiary/aromatic N) is 1. The van der Waals surface area contributed by atoms with E-state index in [0.717, 1.165) is 6.42 Å². The number of hydrogen-bond acceptors (Lipinski definition) is 6. The average Bonchev–Trinajstić information content (AvgIpc) is 2.62. The van der Waals surface area contributed by atoms with Crippen LogP contribution in [0.15, 0.2) is 24.3 Å². The van der Waals surface area contributed by atoms with E-state index in [-0.39, 0.29) is 31.8 Å². The van der Waals surface area contributed by atoms with Crippen molar-refractivity contribution in [2.75, 3.05) is 13.2 Å². The summed E-state index contributed by atoms with van der Waals surface area (Å²) in [4.78, 5) is 13.8. The molecule has 0 bridgehead atoms. The van der Waals surface area contributed by atoms with Crippen molar-refractivity contribution in [3.63, 3.8) is 0 Å². The minimum absolute atomic E-state index is 0.0212. The summed E-state index contributed by atoms with van der Waals surface area (Å²) in [5.74, 6) is -1.04. The molecule has 0 saturated carbocycles. The van der Waals surface area contributed by atoms with Gasteiger partial charge in [0.25, 0.3) is 0 Å². The minimum Gasteiger partial charge on any atom is -0.480 e. The zero-order valence-electron chi connectivity index (χ0n) is 15.0. The second-order valence-corrected chi connectivity index (χ2v) is 7.22. The molecule has 1 aromatic rings.